The lowest BCUT2D eigenvalue weighted by Gasteiger charge is -2.13. The second kappa shape index (κ2) is 7.52. The van der Waals surface area contributed by atoms with Crippen LogP contribution in [-0.2, 0) is 11.3 Å². The van der Waals surface area contributed by atoms with Gasteiger partial charge in [0.25, 0.3) is 5.56 Å². The SMILES string of the molecule is Cc1cccc(Oc2ccccc2NC(=O)Cn2ccc(=O)[nH]c2=O)c1. The van der Waals surface area contributed by atoms with Crippen molar-refractivity contribution in [2.24, 2.45) is 0 Å². The number of carbonyl (C=O) groups is 1. The molecule has 1 heterocycles. The molecule has 0 bridgehead atoms. The number of aromatic nitrogens is 2. The number of anilines is 1. The Hall–Kier alpha value is -3.61. The van der Waals surface area contributed by atoms with E-state index in [1.54, 1.807) is 24.3 Å². The number of rotatable bonds is 5. The molecule has 0 aliphatic heterocycles. The van der Waals surface area contributed by atoms with E-state index in [0.29, 0.717) is 17.2 Å². The highest BCUT2D eigenvalue weighted by Gasteiger charge is 2.10. The van der Waals surface area contributed by atoms with Gasteiger partial charge in [-0.1, -0.05) is 24.3 Å². The molecule has 26 heavy (non-hydrogen) atoms. The molecule has 132 valence electrons. The van der Waals surface area contributed by atoms with Crippen molar-refractivity contribution in [3.63, 3.8) is 0 Å². The Balaban J connectivity index is 1.76. The highest BCUT2D eigenvalue weighted by atomic mass is 16.5. The predicted molar refractivity (Wildman–Crippen MR) is 97.6 cm³/mol. The lowest BCUT2D eigenvalue weighted by molar-refractivity contribution is -0.116. The summed E-state index contributed by atoms with van der Waals surface area (Å²) in [6.07, 6.45) is 1.27. The molecular formula is C19H17N3O4. The van der Waals surface area contributed by atoms with Crippen molar-refractivity contribution < 1.29 is 9.53 Å². The van der Waals surface area contributed by atoms with E-state index in [9.17, 15) is 14.4 Å². The molecule has 0 saturated carbocycles. The summed E-state index contributed by atoms with van der Waals surface area (Å²) in [6.45, 7) is 1.73. The zero-order chi connectivity index (χ0) is 18.5. The van der Waals surface area contributed by atoms with Crippen LogP contribution in [0.15, 0.2) is 70.4 Å². The second-order valence-electron chi connectivity index (χ2n) is 5.70. The van der Waals surface area contributed by atoms with Gasteiger partial charge >= 0.3 is 5.69 Å². The number of carbonyl (C=O) groups excluding carboxylic acids is 1. The van der Waals surface area contributed by atoms with Crippen LogP contribution in [0.1, 0.15) is 5.56 Å². The average Bonchev–Trinajstić information content (AvgIpc) is 2.59. The van der Waals surface area contributed by atoms with Gasteiger partial charge in [-0.3, -0.25) is 19.1 Å². The minimum absolute atomic E-state index is 0.228. The van der Waals surface area contributed by atoms with Crippen LogP contribution in [0.25, 0.3) is 0 Å². The number of nitrogens with one attached hydrogen (secondary N) is 2. The average molecular weight is 351 g/mol. The molecule has 0 unspecified atom stereocenters. The Morgan fingerprint density at radius 3 is 2.69 bits per heavy atom. The topological polar surface area (TPSA) is 93.2 Å². The number of hydrogen-bond acceptors (Lipinski definition) is 4. The smallest absolute Gasteiger partial charge is 0.328 e. The van der Waals surface area contributed by atoms with Crippen LogP contribution >= 0.6 is 0 Å². The predicted octanol–water partition coefficient (Wildman–Crippen LogP) is 2.28. The summed E-state index contributed by atoms with van der Waals surface area (Å²) in [5.74, 6) is 0.725. The number of amides is 1. The number of aromatic amines is 1. The first-order valence-electron chi connectivity index (χ1n) is 7.94. The highest BCUT2D eigenvalue weighted by molar-refractivity contribution is 5.92. The van der Waals surface area contributed by atoms with Gasteiger partial charge in [0.1, 0.15) is 12.3 Å². The summed E-state index contributed by atoms with van der Waals surface area (Å²) in [5, 5.41) is 2.72. The van der Waals surface area contributed by atoms with Crippen molar-refractivity contribution in [2.45, 2.75) is 13.5 Å². The Labute approximate surface area is 148 Å². The second-order valence-corrected chi connectivity index (χ2v) is 5.70. The molecule has 2 N–H and O–H groups in total. The third kappa shape index (κ3) is 4.27. The van der Waals surface area contributed by atoms with E-state index in [4.69, 9.17) is 4.74 Å². The number of H-pyrrole nitrogens is 1. The Bertz CT molecular complexity index is 1050. The standard InChI is InChI=1S/C19H17N3O4/c1-13-5-4-6-14(11-13)26-16-8-3-2-7-15(16)20-18(24)12-22-10-9-17(23)21-19(22)25/h2-11H,12H2,1H3,(H,20,24)(H,21,23,25). The van der Waals surface area contributed by atoms with Crippen molar-refractivity contribution in [1.29, 1.82) is 0 Å². The van der Waals surface area contributed by atoms with Gasteiger partial charge in [0.15, 0.2) is 5.75 Å². The number of nitrogens with zero attached hydrogens (tertiary/aromatic N) is 1. The fourth-order valence-electron chi connectivity index (χ4n) is 2.38. The van der Waals surface area contributed by atoms with Crippen molar-refractivity contribution in [1.82, 2.24) is 9.55 Å². The van der Waals surface area contributed by atoms with Gasteiger partial charge in [0.05, 0.1) is 5.69 Å². The molecule has 0 radical (unpaired) electrons. The van der Waals surface area contributed by atoms with E-state index in [-0.39, 0.29) is 6.54 Å². The van der Waals surface area contributed by atoms with Crippen LogP contribution in [0, 0.1) is 6.92 Å². The van der Waals surface area contributed by atoms with Gasteiger partial charge in [0, 0.05) is 12.3 Å². The summed E-state index contributed by atoms with van der Waals surface area (Å²) in [7, 11) is 0. The minimum Gasteiger partial charge on any atom is -0.455 e. The summed E-state index contributed by atoms with van der Waals surface area (Å²) in [6, 6.07) is 15.8. The fourth-order valence-corrected chi connectivity index (χ4v) is 2.38. The molecule has 7 nitrogen and oxygen atoms in total. The van der Waals surface area contributed by atoms with Crippen molar-refractivity contribution >= 4 is 11.6 Å². The minimum atomic E-state index is -0.642. The maximum absolute atomic E-state index is 12.3. The molecule has 2 aromatic carbocycles. The molecular weight excluding hydrogens is 334 g/mol. The summed E-state index contributed by atoms with van der Waals surface area (Å²) < 4.78 is 6.96. The summed E-state index contributed by atoms with van der Waals surface area (Å²) in [4.78, 5) is 37.1. The first kappa shape index (κ1) is 17.2. The van der Waals surface area contributed by atoms with Crippen LogP contribution in [0.5, 0.6) is 11.5 Å². The largest absolute Gasteiger partial charge is 0.455 e. The normalized spacial score (nSPS) is 10.3. The van der Waals surface area contributed by atoms with E-state index in [1.807, 2.05) is 31.2 Å². The Kier molecular flexibility index (Phi) is 4.98. The van der Waals surface area contributed by atoms with Crippen LogP contribution in [-0.4, -0.2) is 15.5 Å². The van der Waals surface area contributed by atoms with Gasteiger partial charge in [-0.15, -0.1) is 0 Å². The van der Waals surface area contributed by atoms with Crippen LogP contribution < -0.4 is 21.3 Å². The highest BCUT2D eigenvalue weighted by Crippen LogP contribution is 2.29. The van der Waals surface area contributed by atoms with E-state index in [1.165, 1.54) is 12.3 Å². The fraction of sp³-hybridized carbons (Fsp3) is 0.105. The van der Waals surface area contributed by atoms with E-state index in [0.717, 1.165) is 10.1 Å². The Morgan fingerprint density at radius 2 is 1.92 bits per heavy atom. The molecule has 1 aromatic heterocycles. The van der Waals surface area contributed by atoms with Crippen LogP contribution in [0.2, 0.25) is 0 Å². The van der Waals surface area contributed by atoms with Gasteiger partial charge in [-0.2, -0.15) is 0 Å². The third-order valence-electron chi connectivity index (χ3n) is 3.59. The number of hydrogen-bond donors (Lipinski definition) is 2. The lowest BCUT2D eigenvalue weighted by atomic mass is 10.2. The molecule has 0 atom stereocenters. The van der Waals surface area contributed by atoms with Crippen molar-refractivity contribution in [3.05, 3.63) is 87.2 Å². The molecule has 1 amide bonds. The molecule has 3 rings (SSSR count). The maximum Gasteiger partial charge on any atom is 0.328 e. The number of ether oxygens (including phenoxy) is 1. The Morgan fingerprint density at radius 1 is 1.12 bits per heavy atom. The first-order chi connectivity index (χ1) is 12.5. The molecule has 7 heteroatoms. The molecule has 0 spiro atoms. The monoisotopic (exact) mass is 351 g/mol. The van der Waals surface area contributed by atoms with Gasteiger partial charge in [-0.05, 0) is 36.8 Å². The molecule has 0 aliphatic carbocycles. The number of aryl methyl sites for hydroxylation is 1. The van der Waals surface area contributed by atoms with Crippen molar-refractivity contribution in [2.75, 3.05) is 5.32 Å². The molecule has 3 aromatic rings. The van der Waals surface area contributed by atoms with Gasteiger partial charge < -0.3 is 10.1 Å². The zero-order valence-electron chi connectivity index (χ0n) is 14.1. The first-order valence-corrected chi connectivity index (χ1v) is 7.94. The number of benzene rings is 2. The zero-order valence-corrected chi connectivity index (χ0v) is 14.1. The van der Waals surface area contributed by atoms with E-state index in [2.05, 4.69) is 10.3 Å². The van der Waals surface area contributed by atoms with Crippen molar-refractivity contribution in [3.8, 4) is 11.5 Å². The van der Waals surface area contributed by atoms with E-state index >= 15 is 0 Å². The summed E-state index contributed by atoms with van der Waals surface area (Å²) in [5.41, 5.74) is 0.387. The lowest BCUT2D eigenvalue weighted by Crippen LogP contribution is -2.32. The maximum atomic E-state index is 12.3. The number of para-hydroxylation sites is 2. The molecule has 0 aliphatic rings. The van der Waals surface area contributed by atoms with E-state index < -0.39 is 17.2 Å². The van der Waals surface area contributed by atoms with Gasteiger partial charge in [0.2, 0.25) is 5.91 Å². The summed E-state index contributed by atoms with van der Waals surface area (Å²) >= 11 is 0. The molecule has 0 saturated heterocycles. The van der Waals surface area contributed by atoms with Crippen LogP contribution in [0.4, 0.5) is 5.69 Å². The quantitative estimate of drug-likeness (QED) is 0.737. The van der Waals surface area contributed by atoms with Gasteiger partial charge in [-0.25, -0.2) is 4.79 Å². The third-order valence-corrected chi connectivity index (χ3v) is 3.59. The molecule has 0 fully saturated rings. The van der Waals surface area contributed by atoms with Crippen LogP contribution in [0.3, 0.4) is 0 Å².